The summed E-state index contributed by atoms with van der Waals surface area (Å²) >= 11 is 12.0. The Balaban J connectivity index is 1.85. The van der Waals surface area contributed by atoms with E-state index in [0.29, 0.717) is 27.3 Å². The highest BCUT2D eigenvalue weighted by Crippen LogP contribution is 2.43. The molecule has 0 unspecified atom stereocenters. The molecule has 0 radical (unpaired) electrons. The van der Waals surface area contributed by atoms with Crippen molar-refractivity contribution in [2.45, 2.75) is 11.8 Å². The zero-order valence-corrected chi connectivity index (χ0v) is 16.1. The normalized spacial score (nSPS) is 14.8. The fourth-order valence-electron chi connectivity index (χ4n) is 3.70. The summed E-state index contributed by atoms with van der Waals surface area (Å²) in [6.07, 6.45) is -0.276. The van der Waals surface area contributed by atoms with Crippen LogP contribution in [0.15, 0.2) is 72.8 Å². The largest absolute Gasteiger partial charge is 0.294 e. The molecule has 1 aliphatic carbocycles. The maximum absolute atomic E-state index is 13.4. The van der Waals surface area contributed by atoms with Gasteiger partial charge in [0.1, 0.15) is 5.41 Å². The minimum Gasteiger partial charge on any atom is -0.294 e. The summed E-state index contributed by atoms with van der Waals surface area (Å²) in [7, 11) is 0. The predicted molar refractivity (Wildman–Crippen MR) is 109 cm³/mol. The van der Waals surface area contributed by atoms with Crippen LogP contribution in [0.4, 0.5) is 0 Å². The summed E-state index contributed by atoms with van der Waals surface area (Å²) in [5.74, 6) is -1.06. The van der Waals surface area contributed by atoms with E-state index in [1.807, 2.05) is 0 Å². The molecule has 0 amide bonds. The van der Waals surface area contributed by atoms with Crippen LogP contribution < -0.4 is 0 Å². The van der Waals surface area contributed by atoms with Crippen molar-refractivity contribution in [3.05, 3.63) is 105 Å². The van der Waals surface area contributed by atoms with Gasteiger partial charge < -0.3 is 0 Å². The average Bonchev–Trinajstić information content (AvgIpc) is 2.93. The van der Waals surface area contributed by atoms with E-state index in [1.54, 1.807) is 60.7 Å². The summed E-state index contributed by atoms with van der Waals surface area (Å²) in [6.45, 7) is 0. The van der Waals surface area contributed by atoms with E-state index in [2.05, 4.69) is 0 Å². The number of hydrogen-bond acceptors (Lipinski definition) is 3. The van der Waals surface area contributed by atoms with Crippen molar-refractivity contribution in [2.24, 2.45) is 0 Å². The van der Waals surface area contributed by atoms with Gasteiger partial charge >= 0.3 is 0 Å². The van der Waals surface area contributed by atoms with Gasteiger partial charge in [-0.25, -0.2) is 0 Å². The molecule has 0 aliphatic heterocycles. The number of Topliss-reactive ketones (excluding diaryl/α,β-unsaturated/α-hetero) is 3. The molecule has 0 aromatic heterocycles. The lowest BCUT2D eigenvalue weighted by Gasteiger charge is -2.26. The number of ketones is 3. The van der Waals surface area contributed by atoms with E-state index in [0.717, 1.165) is 0 Å². The van der Waals surface area contributed by atoms with E-state index in [1.165, 1.54) is 12.1 Å². The lowest BCUT2D eigenvalue weighted by atomic mass is 9.71. The molecule has 0 N–H and O–H groups in total. The number of rotatable bonds is 4. The molecule has 1 aliphatic rings. The number of halogens is 2. The Hall–Kier alpha value is -2.75. The van der Waals surface area contributed by atoms with Crippen LogP contribution in [0.1, 0.15) is 43.1 Å². The van der Waals surface area contributed by atoms with E-state index in [4.69, 9.17) is 23.2 Å². The van der Waals surface area contributed by atoms with Crippen LogP contribution in [0.5, 0.6) is 0 Å². The fraction of sp³-hybridized carbons (Fsp3) is 0.0870. The molecule has 0 saturated heterocycles. The van der Waals surface area contributed by atoms with Crippen LogP contribution in [-0.2, 0) is 5.41 Å². The molecule has 0 atom stereocenters. The summed E-state index contributed by atoms with van der Waals surface area (Å²) in [5.41, 5.74) is -0.0684. The van der Waals surface area contributed by atoms with Gasteiger partial charge in [0.2, 0.25) is 0 Å². The van der Waals surface area contributed by atoms with Crippen molar-refractivity contribution >= 4 is 40.6 Å². The SMILES string of the molecule is O=C(CC1(c2ccccc2)C(=O)c2ccccc2C1=O)c1ccc(Cl)c(Cl)c1. The first-order valence-electron chi connectivity index (χ1n) is 8.67. The third kappa shape index (κ3) is 2.79. The molecule has 3 nitrogen and oxygen atoms in total. The summed E-state index contributed by atoms with van der Waals surface area (Å²) in [4.78, 5) is 39.9. The first-order valence-corrected chi connectivity index (χ1v) is 9.43. The molecule has 0 spiro atoms. The Morgan fingerprint density at radius 1 is 0.750 bits per heavy atom. The van der Waals surface area contributed by atoms with Gasteiger partial charge in [0.25, 0.3) is 0 Å². The van der Waals surface area contributed by atoms with Gasteiger partial charge in [-0.2, -0.15) is 0 Å². The fourth-order valence-corrected chi connectivity index (χ4v) is 4.00. The van der Waals surface area contributed by atoms with Gasteiger partial charge in [-0.1, -0.05) is 77.8 Å². The average molecular weight is 409 g/mol. The quantitative estimate of drug-likeness (QED) is 0.417. The maximum atomic E-state index is 13.4. The molecule has 0 saturated carbocycles. The van der Waals surface area contributed by atoms with E-state index >= 15 is 0 Å². The Morgan fingerprint density at radius 3 is 1.89 bits per heavy atom. The molecule has 0 heterocycles. The number of carbonyl (C=O) groups excluding carboxylic acids is 3. The van der Waals surface area contributed by atoms with E-state index < -0.39 is 5.41 Å². The van der Waals surface area contributed by atoms with Crippen molar-refractivity contribution in [3.8, 4) is 0 Å². The molecule has 4 rings (SSSR count). The molecule has 0 bridgehead atoms. The molecule has 3 aromatic rings. The van der Waals surface area contributed by atoms with Crippen molar-refractivity contribution < 1.29 is 14.4 Å². The molecule has 0 fully saturated rings. The van der Waals surface area contributed by atoms with Crippen LogP contribution >= 0.6 is 23.2 Å². The highest BCUT2D eigenvalue weighted by molar-refractivity contribution is 6.42. The zero-order valence-electron chi connectivity index (χ0n) is 14.6. The molecule has 5 heteroatoms. The highest BCUT2D eigenvalue weighted by Gasteiger charge is 2.55. The second-order valence-corrected chi connectivity index (χ2v) is 7.52. The maximum Gasteiger partial charge on any atom is 0.182 e. The summed E-state index contributed by atoms with van der Waals surface area (Å²) < 4.78 is 0. The van der Waals surface area contributed by atoms with Crippen molar-refractivity contribution in [3.63, 3.8) is 0 Å². The molecule has 3 aromatic carbocycles. The molecular weight excluding hydrogens is 395 g/mol. The van der Waals surface area contributed by atoms with Gasteiger partial charge in [0.05, 0.1) is 10.0 Å². The Morgan fingerprint density at radius 2 is 1.32 bits per heavy atom. The Kier molecular flexibility index (Phi) is 4.66. The number of benzene rings is 3. The Bertz CT molecular complexity index is 1080. The van der Waals surface area contributed by atoms with Crippen LogP contribution in [-0.4, -0.2) is 17.3 Å². The topological polar surface area (TPSA) is 51.2 Å². The van der Waals surface area contributed by atoms with Gasteiger partial charge in [0, 0.05) is 23.1 Å². The van der Waals surface area contributed by atoms with E-state index in [9.17, 15) is 14.4 Å². The lowest BCUT2D eigenvalue weighted by molar-refractivity contribution is 0.0740. The van der Waals surface area contributed by atoms with E-state index in [-0.39, 0.29) is 28.8 Å². The van der Waals surface area contributed by atoms with Crippen molar-refractivity contribution in [2.75, 3.05) is 0 Å². The minimum atomic E-state index is -1.58. The monoisotopic (exact) mass is 408 g/mol. The van der Waals surface area contributed by atoms with Crippen molar-refractivity contribution in [1.82, 2.24) is 0 Å². The van der Waals surface area contributed by atoms with Crippen LogP contribution in [0.2, 0.25) is 10.0 Å². The molecular formula is C23H14Cl2O3. The van der Waals surface area contributed by atoms with Gasteiger partial charge in [-0.05, 0) is 23.8 Å². The van der Waals surface area contributed by atoms with Gasteiger partial charge in [-0.15, -0.1) is 0 Å². The zero-order chi connectivity index (χ0) is 19.9. The highest BCUT2D eigenvalue weighted by atomic mass is 35.5. The number of carbonyl (C=O) groups is 3. The molecule has 28 heavy (non-hydrogen) atoms. The first kappa shape index (κ1) is 18.6. The summed E-state index contributed by atoms with van der Waals surface area (Å²) in [5, 5.41) is 0.574. The Labute approximate surface area is 171 Å². The third-order valence-electron chi connectivity index (χ3n) is 5.13. The minimum absolute atomic E-state index is 0.244. The number of hydrogen-bond donors (Lipinski definition) is 0. The first-order chi connectivity index (χ1) is 13.4. The van der Waals surface area contributed by atoms with Crippen LogP contribution in [0, 0.1) is 0 Å². The smallest absolute Gasteiger partial charge is 0.182 e. The summed E-state index contributed by atoms with van der Waals surface area (Å²) in [6, 6.07) is 20.0. The van der Waals surface area contributed by atoms with Crippen molar-refractivity contribution in [1.29, 1.82) is 0 Å². The van der Waals surface area contributed by atoms with Gasteiger partial charge in [-0.3, -0.25) is 14.4 Å². The predicted octanol–water partition coefficient (Wildman–Crippen LogP) is 5.58. The second kappa shape index (κ2) is 7.01. The number of fused-ring (bicyclic) bond motifs is 1. The van der Waals surface area contributed by atoms with Gasteiger partial charge in [0.15, 0.2) is 17.3 Å². The second-order valence-electron chi connectivity index (χ2n) is 6.70. The lowest BCUT2D eigenvalue weighted by Crippen LogP contribution is -2.40. The van der Waals surface area contributed by atoms with Crippen LogP contribution in [0.25, 0.3) is 0 Å². The molecule has 138 valence electrons. The van der Waals surface area contributed by atoms with Crippen LogP contribution in [0.3, 0.4) is 0 Å². The standard InChI is InChI=1S/C23H14Cl2O3/c24-18-11-10-14(12-19(18)25)20(26)13-23(15-6-2-1-3-7-15)21(27)16-8-4-5-9-17(16)22(23)28/h1-12H,13H2. The third-order valence-corrected chi connectivity index (χ3v) is 5.86.